The number of anilines is 1. The molecule has 3 heterocycles. The van der Waals surface area contributed by atoms with Crippen molar-refractivity contribution in [1.29, 1.82) is 0 Å². The monoisotopic (exact) mass is 228 g/mol. The summed E-state index contributed by atoms with van der Waals surface area (Å²) in [4.78, 5) is 11.2. The second kappa shape index (κ2) is 3.89. The van der Waals surface area contributed by atoms with Crippen molar-refractivity contribution < 1.29 is 0 Å². The number of hydrogen-bond donors (Lipinski definition) is 2. The molecule has 0 unspecified atom stereocenters. The van der Waals surface area contributed by atoms with Gasteiger partial charge in [-0.3, -0.25) is 0 Å². The highest BCUT2D eigenvalue weighted by atomic mass is 15.3. The molecule has 0 bridgehead atoms. The average molecular weight is 228 g/mol. The zero-order chi connectivity index (χ0) is 11.7. The van der Waals surface area contributed by atoms with Crippen LogP contribution in [-0.2, 0) is 6.54 Å². The molecule has 0 aliphatic carbocycles. The van der Waals surface area contributed by atoms with Gasteiger partial charge in [-0.25, -0.2) is 9.97 Å². The molecule has 86 valence electrons. The summed E-state index contributed by atoms with van der Waals surface area (Å²) in [5.41, 5.74) is 3.02. The Bertz CT molecular complexity index is 625. The number of pyridine rings is 1. The van der Waals surface area contributed by atoms with Gasteiger partial charge in [-0.05, 0) is 24.6 Å². The Morgan fingerprint density at radius 2 is 2.35 bits per heavy atom. The van der Waals surface area contributed by atoms with E-state index in [0.29, 0.717) is 6.54 Å². The molecule has 0 atom stereocenters. The highest BCUT2D eigenvalue weighted by molar-refractivity contribution is 5.51. The minimum Gasteiger partial charge on any atom is -0.364 e. The van der Waals surface area contributed by atoms with E-state index in [-0.39, 0.29) is 0 Å². The fraction of sp³-hybridized carbons (Fsp3) is 0.182. The topological polar surface area (TPSA) is 70.9 Å². The predicted octanol–water partition coefficient (Wildman–Crippen LogP) is 1.37. The van der Waals surface area contributed by atoms with Gasteiger partial charge in [0.25, 0.3) is 0 Å². The highest BCUT2D eigenvalue weighted by Gasteiger charge is 2.03. The fourth-order valence-electron chi connectivity index (χ4n) is 1.75. The van der Waals surface area contributed by atoms with Crippen molar-refractivity contribution in [2.75, 3.05) is 5.32 Å². The summed E-state index contributed by atoms with van der Waals surface area (Å²) in [7, 11) is 0. The molecule has 0 aromatic carbocycles. The van der Waals surface area contributed by atoms with Crippen LogP contribution in [0.3, 0.4) is 0 Å². The molecule has 3 rings (SSSR count). The molecule has 2 N–H and O–H groups in total. The van der Waals surface area contributed by atoms with Crippen molar-refractivity contribution in [3.8, 4) is 0 Å². The third kappa shape index (κ3) is 1.84. The lowest BCUT2D eigenvalue weighted by Crippen LogP contribution is -2.05. The molecule has 17 heavy (non-hydrogen) atoms. The first-order valence-electron chi connectivity index (χ1n) is 5.34. The number of aromatic amines is 1. The Labute approximate surface area is 97.7 Å². The van der Waals surface area contributed by atoms with Crippen LogP contribution >= 0.6 is 0 Å². The van der Waals surface area contributed by atoms with E-state index in [9.17, 15) is 0 Å². The van der Waals surface area contributed by atoms with Crippen molar-refractivity contribution in [2.45, 2.75) is 13.5 Å². The van der Waals surface area contributed by atoms with Crippen LogP contribution in [0, 0.1) is 6.92 Å². The van der Waals surface area contributed by atoms with Crippen LogP contribution in [-0.4, -0.2) is 24.6 Å². The van der Waals surface area contributed by atoms with Gasteiger partial charge in [-0.2, -0.15) is 9.61 Å². The lowest BCUT2D eigenvalue weighted by molar-refractivity contribution is 0.933. The van der Waals surface area contributed by atoms with Crippen molar-refractivity contribution in [1.82, 2.24) is 24.6 Å². The van der Waals surface area contributed by atoms with Crippen molar-refractivity contribution in [2.24, 2.45) is 0 Å². The SMILES string of the molecule is Cc1cc(NCc2cnc[nH]2)n2ncnc2c1. The molecule has 0 aliphatic rings. The molecule has 0 spiro atoms. The van der Waals surface area contributed by atoms with E-state index >= 15 is 0 Å². The van der Waals surface area contributed by atoms with Crippen LogP contribution in [0.5, 0.6) is 0 Å². The number of hydrogen-bond acceptors (Lipinski definition) is 4. The number of H-pyrrole nitrogens is 1. The maximum atomic E-state index is 4.18. The summed E-state index contributed by atoms with van der Waals surface area (Å²) in [6.07, 6.45) is 5.01. The second-order valence-electron chi connectivity index (χ2n) is 3.88. The summed E-state index contributed by atoms with van der Waals surface area (Å²) < 4.78 is 1.78. The first kappa shape index (κ1) is 9.83. The molecule has 0 saturated heterocycles. The predicted molar refractivity (Wildman–Crippen MR) is 63.6 cm³/mol. The van der Waals surface area contributed by atoms with E-state index < -0.39 is 0 Å². The lowest BCUT2D eigenvalue weighted by atomic mass is 10.3. The molecule has 0 saturated carbocycles. The first-order chi connectivity index (χ1) is 8.33. The quantitative estimate of drug-likeness (QED) is 0.710. The largest absolute Gasteiger partial charge is 0.364 e. The normalized spacial score (nSPS) is 10.9. The molecule has 3 aromatic heterocycles. The molecular weight excluding hydrogens is 216 g/mol. The van der Waals surface area contributed by atoms with Gasteiger partial charge >= 0.3 is 0 Å². The van der Waals surface area contributed by atoms with Crippen LogP contribution in [0.2, 0.25) is 0 Å². The van der Waals surface area contributed by atoms with Crippen molar-refractivity contribution in [3.05, 3.63) is 42.2 Å². The molecule has 3 aromatic rings. The number of nitrogens with one attached hydrogen (secondary N) is 2. The molecule has 0 aliphatic heterocycles. The van der Waals surface area contributed by atoms with Gasteiger partial charge in [0.1, 0.15) is 12.1 Å². The number of imidazole rings is 1. The minimum absolute atomic E-state index is 0.679. The van der Waals surface area contributed by atoms with Gasteiger partial charge in [0.2, 0.25) is 0 Å². The van der Waals surface area contributed by atoms with Crippen molar-refractivity contribution in [3.63, 3.8) is 0 Å². The Balaban J connectivity index is 1.91. The van der Waals surface area contributed by atoms with Crippen LogP contribution in [0.1, 0.15) is 11.3 Å². The molecular formula is C11H12N6. The smallest absolute Gasteiger partial charge is 0.157 e. The van der Waals surface area contributed by atoms with E-state index in [2.05, 4.69) is 25.4 Å². The zero-order valence-corrected chi connectivity index (χ0v) is 9.38. The lowest BCUT2D eigenvalue weighted by Gasteiger charge is -2.07. The number of aromatic nitrogens is 5. The Morgan fingerprint density at radius 1 is 1.41 bits per heavy atom. The van der Waals surface area contributed by atoms with Gasteiger partial charge < -0.3 is 10.3 Å². The van der Waals surface area contributed by atoms with Gasteiger partial charge in [0, 0.05) is 6.20 Å². The fourth-order valence-corrected chi connectivity index (χ4v) is 1.75. The molecule has 0 amide bonds. The number of aryl methyl sites for hydroxylation is 1. The Hall–Kier alpha value is -2.37. The highest BCUT2D eigenvalue weighted by Crippen LogP contribution is 2.13. The van der Waals surface area contributed by atoms with E-state index in [1.165, 1.54) is 0 Å². The summed E-state index contributed by atoms with van der Waals surface area (Å²) >= 11 is 0. The standard InChI is InChI=1S/C11H12N6/c1-8-2-10(13-5-9-4-12-6-14-9)17-11(3-8)15-7-16-17/h2-4,6-7,13H,5H2,1H3,(H,12,14). The van der Waals surface area contributed by atoms with Crippen molar-refractivity contribution >= 4 is 11.5 Å². The van der Waals surface area contributed by atoms with Gasteiger partial charge in [-0.15, -0.1) is 0 Å². The zero-order valence-electron chi connectivity index (χ0n) is 9.38. The van der Waals surface area contributed by atoms with Gasteiger partial charge in [0.15, 0.2) is 5.65 Å². The molecule has 0 fully saturated rings. The van der Waals surface area contributed by atoms with Crippen LogP contribution in [0.4, 0.5) is 5.82 Å². The summed E-state index contributed by atoms with van der Waals surface area (Å²) in [6.45, 7) is 2.72. The minimum atomic E-state index is 0.679. The second-order valence-corrected chi connectivity index (χ2v) is 3.88. The first-order valence-corrected chi connectivity index (χ1v) is 5.34. The van der Waals surface area contributed by atoms with Crippen LogP contribution in [0.25, 0.3) is 5.65 Å². The molecule has 6 nitrogen and oxygen atoms in total. The van der Waals surface area contributed by atoms with Gasteiger partial charge in [-0.1, -0.05) is 0 Å². The number of nitrogens with zero attached hydrogens (tertiary/aromatic N) is 4. The average Bonchev–Trinajstić information content (AvgIpc) is 2.95. The van der Waals surface area contributed by atoms with Crippen LogP contribution in [0.15, 0.2) is 31.0 Å². The van der Waals surface area contributed by atoms with E-state index in [1.54, 1.807) is 23.4 Å². The maximum Gasteiger partial charge on any atom is 0.157 e. The van der Waals surface area contributed by atoms with E-state index in [1.807, 2.05) is 19.1 Å². The third-order valence-electron chi connectivity index (χ3n) is 2.54. The molecule has 6 heteroatoms. The maximum absolute atomic E-state index is 4.18. The van der Waals surface area contributed by atoms with E-state index in [0.717, 1.165) is 22.7 Å². The summed E-state index contributed by atoms with van der Waals surface area (Å²) in [6, 6.07) is 4.03. The molecule has 0 radical (unpaired) electrons. The van der Waals surface area contributed by atoms with Gasteiger partial charge in [0.05, 0.1) is 18.6 Å². The Morgan fingerprint density at radius 3 is 3.18 bits per heavy atom. The summed E-state index contributed by atoms with van der Waals surface area (Å²) in [5.74, 6) is 0.923. The summed E-state index contributed by atoms with van der Waals surface area (Å²) in [5, 5.41) is 7.48. The van der Waals surface area contributed by atoms with E-state index in [4.69, 9.17) is 0 Å². The Kier molecular flexibility index (Phi) is 2.25. The third-order valence-corrected chi connectivity index (χ3v) is 2.54. The number of rotatable bonds is 3. The van der Waals surface area contributed by atoms with Crippen LogP contribution < -0.4 is 5.32 Å². The number of fused-ring (bicyclic) bond motifs is 1.